The number of hydrazone groups is 1. The fraction of sp³-hybridized carbons (Fsp3) is 0.333. The molecule has 0 aliphatic carbocycles. The molecule has 0 fully saturated rings. The zero-order valence-corrected chi connectivity index (χ0v) is 15.7. The number of aryl methyl sites for hydroxylation is 1. The zero-order chi connectivity index (χ0) is 19.6. The maximum atomic E-state index is 12.3. The molecule has 1 aromatic carbocycles. The van der Waals surface area contributed by atoms with Crippen molar-refractivity contribution in [3.8, 4) is 5.75 Å². The van der Waals surface area contributed by atoms with E-state index in [4.69, 9.17) is 4.74 Å². The normalized spacial score (nSPS) is 11.6. The number of hydrogen-bond donors (Lipinski definition) is 2. The highest BCUT2D eigenvalue weighted by Crippen LogP contribution is 2.20. The van der Waals surface area contributed by atoms with Gasteiger partial charge in [-0.3, -0.25) is 14.3 Å². The van der Waals surface area contributed by atoms with Crippen molar-refractivity contribution in [1.82, 2.24) is 19.1 Å². The van der Waals surface area contributed by atoms with Crippen LogP contribution in [0.3, 0.4) is 0 Å². The molecule has 0 spiro atoms. The minimum Gasteiger partial charge on any atom is -0.494 e. The summed E-state index contributed by atoms with van der Waals surface area (Å²) < 4.78 is 8.42. The van der Waals surface area contributed by atoms with Gasteiger partial charge in [-0.15, -0.1) is 0 Å². The van der Waals surface area contributed by atoms with Crippen LogP contribution in [0.25, 0.3) is 11.2 Å². The molecule has 0 unspecified atom stereocenters. The summed E-state index contributed by atoms with van der Waals surface area (Å²) in [7, 11) is 1.56. The minimum atomic E-state index is -0.509. The molecule has 9 heteroatoms. The molecule has 2 N–H and O–H groups in total. The van der Waals surface area contributed by atoms with E-state index in [2.05, 4.69) is 20.5 Å². The lowest BCUT2D eigenvalue weighted by Crippen LogP contribution is -2.29. The Bertz CT molecular complexity index is 1090. The molecule has 0 bridgehead atoms. The van der Waals surface area contributed by atoms with Crippen LogP contribution in [-0.2, 0) is 7.05 Å². The fourth-order valence-corrected chi connectivity index (χ4v) is 2.76. The van der Waals surface area contributed by atoms with Crippen LogP contribution in [-0.4, -0.2) is 31.9 Å². The molecule has 0 aliphatic heterocycles. The van der Waals surface area contributed by atoms with Crippen LogP contribution < -0.4 is 21.4 Å². The number of hydrogen-bond acceptors (Lipinski definition) is 6. The van der Waals surface area contributed by atoms with Crippen molar-refractivity contribution >= 4 is 23.3 Å². The van der Waals surface area contributed by atoms with Crippen molar-refractivity contribution in [3.05, 3.63) is 50.7 Å². The van der Waals surface area contributed by atoms with Gasteiger partial charge in [-0.05, 0) is 50.6 Å². The molecule has 142 valence electrons. The van der Waals surface area contributed by atoms with Gasteiger partial charge in [0.2, 0.25) is 5.95 Å². The largest absolute Gasteiger partial charge is 0.494 e. The molecule has 2 aromatic heterocycles. The van der Waals surface area contributed by atoms with Gasteiger partial charge in [0.05, 0.1) is 12.8 Å². The van der Waals surface area contributed by atoms with Crippen LogP contribution >= 0.6 is 0 Å². The summed E-state index contributed by atoms with van der Waals surface area (Å²) in [5, 5.41) is 4.21. The third-order valence-electron chi connectivity index (χ3n) is 4.04. The average molecular weight is 370 g/mol. The van der Waals surface area contributed by atoms with E-state index in [1.165, 1.54) is 4.57 Å². The van der Waals surface area contributed by atoms with Crippen molar-refractivity contribution in [3.63, 3.8) is 0 Å². The van der Waals surface area contributed by atoms with Gasteiger partial charge in [0.25, 0.3) is 5.56 Å². The standard InChI is InChI=1S/C18H22N6O3/c1-5-27-13-8-6-12(7-9-13)10-19-22-17-20-15-14(24(17)11(2)3)16(25)21-18(26)23(15)4/h6-11H,5H2,1-4H3,(H,20,22)(H,21,25,26)/b19-10-. The van der Waals surface area contributed by atoms with E-state index >= 15 is 0 Å². The molecular weight excluding hydrogens is 348 g/mol. The van der Waals surface area contributed by atoms with Crippen LogP contribution in [0.2, 0.25) is 0 Å². The van der Waals surface area contributed by atoms with E-state index in [9.17, 15) is 9.59 Å². The van der Waals surface area contributed by atoms with E-state index < -0.39 is 11.2 Å². The van der Waals surface area contributed by atoms with E-state index in [0.717, 1.165) is 11.3 Å². The molecule has 9 nitrogen and oxygen atoms in total. The van der Waals surface area contributed by atoms with E-state index in [1.54, 1.807) is 17.8 Å². The molecule has 0 saturated heterocycles. The summed E-state index contributed by atoms with van der Waals surface area (Å²) in [5.41, 5.74) is 3.39. The summed E-state index contributed by atoms with van der Waals surface area (Å²) in [6, 6.07) is 7.44. The third kappa shape index (κ3) is 3.62. The number of nitrogens with zero attached hydrogens (tertiary/aromatic N) is 4. The maximum Gasteiger partial charge on any atom is 0.329 e. The number of benzene rings is 1. The van der Waals surface area contributed by atoms with Gasteiger partial charge in [-0.1, -0.05) is 0 Å². The number of aromatic nitrogens is 4. The second kappa shape index (κ2) is 7.48. The highest BCUT2D eigenvalue weighted by atomic mass is 16.5. The van der Waals surface area contributed by atoms with Gasteiger partial charge in [0.1, 0.15) is 5.75 Å². The highest BCUT2D eigenvalue weighted by Gasteiger charge is 2.18. The number of H-pyrrole nitrogens is 1. The van der Waals surface area contributed by atoms with E-state index in [-0.39, 0.29) is 6.04 Å². The van der Waals surface area contributed by atoms with Gasteiger partial charge in [0, 0.05) is 13.1 Å². The molecular formula is C18H22N6O3. The second-order valence-electron chi connectivity index (χ2n) is 6.26. The topological polar surface area (TPSA) is 106 Å². The first-order valence-corrected chi connectivity index (χ1v) is 8.65. The minimum absolute atomic E-state index is 0.0585. The first-order valence-electron chi connectivity index (χ1n) is 8.65. The van der Waals surface area contributed by atoms with Gasteiger partial charge in [-0.2, -0.15) is 10.1 Å². The number of nitrogens with one attached hydrogen (secondary N) is 2. The van der Waals surface area contributed by atoms with Gasteiger partial charge in [-0.25, -0.2) is 10.2 Å². The summed E-state index contributed by atoms with van der Waals surface area (Å²) in [6.45, 7) is 6.39. The molecule has 0 saturated carbocycles. The summed E-state index contributed by atoms with van der Waals surface area (Å²) in [6.07, 6.45) is 1.64. The Morgan fingerprint density at radius 3 is 2.63 bits per heavy atom. The molecule has 0 amide bonds. The van der Waals surface area contributed by atoms with Crippen molar-refractivity contribution in [1.29, 1.82) is 0 Å². The fourth-order valence-electron chi connectivity index (χ4n) is 2.76. The molecule has 3 rings (SSSR count). The quantitative estimate of drug-likeness (QED) is 0.509. The number of imidazole rings is 1. The average Bonchev–Trinajstić information content (AvgIpc) is 3.02. The lowest BCUT2D eigenvalue weighted by Gasteiger charge is -2.11. The lowest BCUT2D eigenvalue weighted by molar-refractivity contribution is 0.340. The lowest BCUT2D eigenvalue weighted by atomic mass is 10.2. The van der Waals surface area contributed by atoms with Crippen LogP contribution in [0.1, 0.15) is 32.4 Å². The van der Waals surface area contributed by atoms with Crippen molar-refractivity contribution in [2.45, 2.75) is 26.8 Å². The predicted octanol–water partition coefficient (Wildman–Crippen LogP) is 1.85. The van der Waals surface area contributed by atoms with Crippen LogP contribution in [0, 0.1) is 0 Å². The summed E-state index contributed by atoms with van der Waals surface area (Å²) in [5.74, 6) is 1.18. The van der Waals surface area contributed by atoms with Crippen LogP contribution in [0.4, 0.5) is 5.95 Å². The number of aromatic amines is 1. The van der Waals surface area contributed by atoms with Gasteiger partial charge >= 0.3 is 5.69 Å². The Morgan fingerprint density at radius 2 is 2.00 bits per heavy atom. The Balaban J connectivity index is 1.93. The Morgan fingerprint density at radius 1 is 1.30 bits per heavy atom. The number of anilines is 1. The zero-order valence-electron chi connectivity index (χ0n) is 15.7. The Labute approximate surface area is 155 Å². The molecule has 0 radical (unpaired) electrons. The van der Waals surface area contributed by atoms with Crippen LogP contribution in [0.15, 0.2) is 39.0 Å². The summed E-state index contributed by atoms with van der Waals surface area (Å²) in [4.78, 5) is 30.8. The van der Waals surface area contributed by atoms with Crippen molar-refractivity contribution in [2.75, 3.05) is 12.0 Å². The summed E-state index contributed by atoms with van der Waals surface area (Å²) >= 11 is 0. The maximum absolute atomic E-state index is 12.3. The molecule has 3 aromatic rings. The number of fused-ring (bicyclic) bond motifs is 1. The van der Waals surface area contributed by atoms with E-state index in [0.29, 0.717) is 23.7 Å². The number of rotatable bonds is 6. The molecule has 2 heterocycles. The second-order valence-corrected chi connectivity index (χ2v) is 6.26. The highest BCUT2D eigenvalue weighted by molar-refractivity contribution is 5.80. The monoisotopic (exact) mass is 370 g/mol. The van der Waals surface area contributed by atoms with E-state index in [1.807, 2.05) is 45.0 Å². The Kier molecular flexibility index (Phi) is 5.11. The van der Waals surface area contributed by atoms with Crippen LogP contribution in [0.5, 0.6) is 5.75 Å². The SMILES string of the molecule is CCOc1ccc(/C=N\Nc2nc3c(c(=O)[nH]c(=O)n3C)n2C(C)C)cc1. The Hall–Kier alpha value is -3.36. The molecule has 27 heavy (non-hydrogen) atoms. The number of ether oxygens (including phenoxy) is 1. The first kappa shape index (κ1) is 18.4. The predicted molar refractivity (Wildman–Crippen MR) is 105 cm³/mol. The molecule has 0 aliphatic rings. The van der Waals surface area contributed by atoms with Crippen molar-refractivity contribution in [2.24, 2.45) is 12.1 Å². The van der Waals surface area contributed by atoms with Gasteiger partial charge < -0.3 is 9.30 Å². The molecule has 0 atom stereocenters. The van der Waals surface area contributed by atoms with Gasteiger partial charge in [0.15, 0.2) is 11.2 Å². The smallest absolute Gasteiger partial charge is 0.329 e. The van der Waals surface area contributed by atoms with Crippen molar-refractivity contribution < 1.29 is 4.74 Å². The third-order valence-corrected chi connectivity index (χ3v) is 4.04. The first-order chi connectivity index (χ1) is 12.9.